The molecule has 0 saturated carbocycles. The largest absolute Gasteiger partial charge is 0.494 e. The quantitative estimate of drug-likeness (QED) is 0.364. The van der Waals surface area contributed by atoms with Gasteiger partial charge in [-0.2, -0.15) is 0 Å². The van der Waals surface area contributed by atoms with Crippen LogP contribution in [-0.4, -0.2) is 41.8 Å². The lowest BCUT2D eigenvalue weighted by atomic mass is 10.1. The zero-order valence-electron chi connectivity index (χ0n) is 19.4. The number of ether oxygens (including phenoxy) is 3. The number of amides is 1. The molecular formula is C28H27N3O4. The van der Waals surface area contributed by atoms with Crippen molar-refractivity contribution >= 4 is 22.6 Å². The van der Waals surface area contributed by atoms with Crippen molar-refractivity contribution in [1.29, 1.82) is 0 Å². The van der Waals surface area contributed by atoms with Crippen LogP contribution in [0.3, 0.4) is 0 Å². The van der Waals surface area contributed by atoms with E-state index in [1.165, 1.54) is 0 Å². The Kier molecular flexibility index (Phi) is 5.74. The average Bonchev–Trinajstić information content (AvgIpc) is 3.47. The highest BCUT2D eigenvalue weighted by Crippen LogP contribution is 2.38. The third-order valence-corrected chi connectivity index (χ3v) is 6.55. The normalized spacial score (nSPS) is 17.2. The Balaban J connectivity index is 1.22. The van der Waals surface area contributed by atoms with Crippen molar-refractivity contribution in [3.8, 4) is 17.2 Å². The summed E-state index contributed by atoms with van der Waals surface area (Å²) in [7, 11) is 0. The van der Waals surface area contributed by atoms with Crippen LogP contribution in [0.1, 0.15) is 24.6 Å². The monoisotopic (exact) mass is 469 g/mol. The van der Waals surface area contributed by atoms with E-state index in [4.69, 9.17) is 19.2 Å². The summed E-state index contributed by atoms with van der Waals surface area (Å²) >= 11 is 0. The minimum atomic E-state index is 0.0122. The molecule has 0 aliphatic carbocycles. The summed E-state index contributed by atoms with van der Waals surface area (Å²) in [5.41, 5.74) is 2.88. The molecule has 0 N–H and O–H groups in total. The van der Waals surface area contributed by atoms with Gasteiger partial charge in [-0.1, -0.05) is 30.3 Å². The summed E-state index contributed by atoms with van der Waals surface area (Å²) in [5, 5.41) is 0. The number of nitrogens with zero attached hydrogens (tertiary/aromatic N) is 3. The second kappa shape index (κ2) is 9.33. The maximum Gasteiger partial charge on any atom is 0.227 e. The van der Waals surface area contributed by atoms with Gasteiger partial charge in [-0.05, 0) is 42.8 Å². The van der Waals surface area contributed by atoms with Gasteiger partial charge >= 0.3 is 0 Å². The van der Waals surface area contributed by atoms with Crippen molar-refractivity contribution < 1.29 is 19.0 Å². The van der Waals surface area contributed by atoms with Gasteiger partial charge in [-0.15, -0.1) is 0 Å². The van der Waals surface area contributed by atoms with Gasteiger partial charge < -0.3 is 23.7 Å². The second-order valence-electron chi connectivity index (χ2n) is 8.86. The van der Waals surface area contributed by atoms with Crippen molar-refractivity contribution in [1.82, 2.24) is 9.55 Å². The standard InChI is InChI=1S/C28H27N3O4/c32-27-17-20(19-31(27)21-11-12-25-26(18-21)35-16-15-34-25)28-29-23-9-4-5-10-24(23)30(28)13-6-14-33-22-7-2-1-3-8-22/h1-5,7-12,18,20H,6,13-17,19H2. The molecule has 0 spiro atoms. The Bertz CT molecular complexity index is 1350. The highest BCUT2D eigenvalue weighted by molar-refractivity contribution is 5.97. The topological polar surface area (TPSA) is 65.8 Å². The van der Waals surface area contributed by atoms with Crippen LogP contribution in [0.4, 0.5) is 5.69 Å². The maximum atomic E-state index is 13.1. The predicted molar refractivity (Wildman–Crippen MR) is 133 cm³/mol. The molecule has 1 saturated heterocycles. The van der Waals surface area contributed by atoms with E-state index in [-0.39, 0.29) is 11.8 Å². The van der Waals surface area contributed by atoms with Gasteiger partial charge in [-0.3, -0.25) is 4.79 Å². The number of benzene rings is 3. The van der Waals surface area contributed by atoms with Crippen molar-refractivity contribution in [3.63, 3.8) is 0 Å². The average molecular weight is 470 g/mol. The number of imidazole rings is 1. The molecule has 1 unspecified atom stereocenters. The van der Waals surface area contributed by atoms with Crippen molar-refractivity contribution in [2.45, 2.75) is 25.3 Å². The van der Waals surface area contributed by atoms with E-state index in [9.17, 15) is 4.79 Å². The number of carbonyl (C=O) groups excluding carboxylic acids is 1. The van der Waals surface area contributed by atoms with Crippen LogP contribution in [0.5, 0.6) is 17.2 Å². The molecule has 2 aliphatic rings. The molecule has 4 aromatic rings. The Hall–Kier alpha value is -4.00. The molecule has 1 amide bonds. The Morgan fingerprint density at radius 2 is 1.74 bits per heavy atom. The number of aryl methyl sites for hydroxylation is 1. The molecule has 0 radical (unpaired) electrons. The molecule has 7 nitrogen and oxygen atoms in total. The van der Waals surface area contributed by atoms with E-state index in [0.29, 0.717) is 38.5 Å². The van der Waals surface area contributed by atoms with Crippen LogP contribution < -0.4 is 19.1 Å². The van der Waals surface area contributed by atoms with Crippen molar-refractivity contribution in [2.24, 2.45) is 0 Å². The molecule has 178 valence electrons. The number of aromatic nitrogens is 2. The molecule has 35 heavy (non-hydrogen) atoms. The van der Waals surface area contributed by atoms with Gasteiger partial charge in [0.25, 0.3) is 0 Å². The highest BCUT2D eigenvalue weighted by Gasteiger charge is 2.35. The maximum absolute atomic E-state index is 13.1. The summed E-state index contributed by atoms with van der Waals surface area (Å²) in [6.07, 6.45) is 1.27. The van der Waals surface area contributed by atoms with Crippen molar-refractivity contribution in [3.05, 3.63) is 78.6 Å². The molecule has 1 fully saturated rings. The van der Waals surface area contributed by atoms with E-state index in [2.05, 4.69) is 10.6 Å². The van der Waals surface area contributed by atoms with Gasteiger partial charge in [-0.25, -0.2) is 4.98 Å². The Morgan fingerprint density at radius 1 is 0.943 bits per heavy atom. The first-order valence-electron chi connectivity index (χ1n) is 12.1. The lowest BCUT2D eigenvalue weighted by Crippen LogP contribution is -2.25. The second-order valence-corrected chi connectivity index (χ2v) is 8.86. The number of fused-ring (bicyclic) bond motifs is 2. The number of anilines is 1. The summed E-state index contributed by atoms with van der Waals surface area (Å²) in [5.74, 6) is 3.35. The van der Waals surface area contributed by atoms with Crippen LogP contribution >= 0.6 is 0 Å². The molecule has 2 aliphatic heterocycles. The zero-order valence-corrected chi connectivity index (χ0v) is 19.4. The van der Waals surface area contributed by atoms with Gasteiger partial charge in [0.1, 0.15) is 24.8 Å². The third kappa shape index (κ3) is 4.30. The van der Waals surface area contributed by atoms with E-state index in [1.54, 1.807) is 0 Å². The van der Waals surface area contributed by atoms with Gasteiger partial charge in [0.05, 0.1) is 17.6 Å². The van der Waals surface area contributed by atoms with Crippen molar-refractivity contribution in [2.75, 3.05) is 31.3 Å². The molecule has 7 heteroatoms. The zero-order chi connectivity index (χ0) is 23.6. The summed E-state index contributed by atoms with van der Waals surface area (Å²) in [4.78, 5) is 19.9. The van der Waals surface area contributed by atoms with Crippen LogP contribution in [0.25, 0.3) is 11.0 Å². The fourth-order valence-electron chi connectivity index (χ4n) is 4.90. The molecule has 3 heterocycles. The summed E-state index contributed by atoms with van der Waals surface area (Å²) in [6.45, 7) is 3.04. The lowest BCUT2D eigenvalue weighted by Gasteiger charge is -2.22. The predicted octanol–water partition coefficient (Wildman–Crippen LogP) is 4.80. The minimum absolute atomic E-state index is 0.0122. The van der Waals surface area contributed by atoms with E-state index in [1.807, 2.05) is 71.6 Å². The first-order valence-corrected chi connectivity index (χ1v) is 12.1. The molecule has 3 aromatic carbocycles. The van der Waals surface area contributed by atoms with Crippen LogP contribution in [0.2, 0.25) is 0 Å². The third-order valence-electron chi connectivity index (χ3n) is 6.55. The number of rotatable bonds is 7. The number of hydrogen-bond acceptors (Lipinski definition) is 5. The first-order chi connectivity index (χ1) is 17.3. The molecular weight excluding hydrogens is 442 g/mol. The summed E-state index contributed by atoms with van der Waals surface area (Å²) in [6, 6.07) is 23.7. The smallest absolute Gasteiger partial charge is 0.227 e. The van der Waals surface area contributed by atoms with Gasteiger partial charge in [0.15, 0.2) is 11.5 Å². The fraction of sp³-hybridized carbons (Fsp3) is 0.286. The van der Waals surface area contributed by atoms with E-state index >= 15 is 0 Å². The lowest BCUT2D eigenvalue weighted by molar-refractivity contribution is -0.117. The SMILES string of the molecule is O=C1CC(c2nc3ccccc3n2CCCOc2ccccc2)CN1c1ccc2c(c1)OCCO2. The Morgan fingerprint density at radius 3 is 2.63 bits per heavy atom. The minimum Gasteiger partial charge on any atom is -0.494 e. The Labute approximate surface area is 203 Å². The van der Waals surface area contributed by atoms with Crippen LogP contribution in [-0.2, 0) is 11.3 Å². The van der Waals surface area contributed by atoms with Crippen LogP contribution in [0, 0.1) is 0 Å². The number of carbonyl (C=O) groups is 1. The van der Waals surface area contributed by atoms with Gasteiger partial charge in [0.2, 0.25) is 5.91 Å². The molecule has 1 aromatic heterocycles. The van der Waals surface area contributed by atoms with E-state index in [0.717, 1.165) is 47.0 Å². The highest BCUT2D eigenvalue weighted by atomic mass is 16.6. The number of hydrogen-bond donors (Lipinski definition) is 0. The first kappa shape index (κ1) is 21.5. The van der Waals surface area contributed by atoms with E-state index < -0.39 is 0 Å². The molecule has 0 bridgehead atoms. The fourth-order valence-corrected chi connectivity index (χ4v) is 4.90. The molecule has 1 atom stereocenters. The van der Waals surface area contributed by atoms with Crippen LogP contribution in [0.15, 0.2) is 72.8 Å². The molecule has 6 rings (SSSR count). The summed E-state index contributed by atoms with van der Waals surface area (Å²) < 4.78 is 19.5. The van der Waals surface area contributed by atoms with Gasteiger partial charge in [0, 0.05) is 37.2 Å². The number of para-hydroxylation sites is 3.